The van der Waals surface area contributed by atoms with Crippen LogP contribution in [0.2, 0.25) is 0 Å². The molecule has 9 nitrogen and oxygen atoms in total. The maximum absolute atomic E-state index is 14.7. The van der Waals surface area contributed by atoms with Gasteiger partial charge in [-0.25, -0.2) is 24.1 Å². The quantitative estimate of drug-likeness (QED) is 0.189. The number of amides is 1. The molecule has 0 radical (unpaired) electrons. The zero-order valence-corrected chi connectivity index (χ0v) is 26.5. The number of piperidine rings is 1. The summed E-state index contributed by atoms with van der Waals surface area (Å²) in [4.78, 5) is 27.3. The number of pyridine rings is 1. The van der Waals surface area contributed by atoms with E-state index in [2.05, 4.69) is 20.3 Å². The van der Waals surface area contributed by atoms with Gasteiger partial charge in [0.15, 0.2) is 0 Å². The molecular weight excluding hydrogens is 618 g/mol. The van der Waals surface area contributed by atoms with Crippen LogP contribution in [0.1, 0.15) is 44.7 Å². The summed E-state index contributed by atoms with van der Waals surface area (Å²) in [6, 6.07) is 13.7. The lowest BCUT2D eigenvalue weighted by atomic mass is 9.97. The van der Waals surface area contributed by atoms with Crippen molar-refractivity contribution in [2.75, 3.05) is 18.4 Å². The van der Waals surface area contributed by atoms with Crippen LogP contribution in [0.5, 0.6) is 11.6 Å². The first-order valence-corrected chi connectivity index (χ1v) is 15.3. The standard InChI is InChI=1S/C34H37F4N5O4/c1-20-10-12-24-21(11-13-28(44)34(36,37)38)7-5-8-25(24)29(20)46-30-26(9-6-15-39-30)27-14-16-40-31(42-27)41-23-17-22(35)18-43(19-23)32(45)47-33(2,3)4/h5-10,12,14-16,22-23,28,44H,11,13,17-19H2,1-4H3,(H,40,41,42)/t22-,23-,28+/m1/s1. The van der Waals surface area contributed by atoms with Crippen molar-refractivity contribution in [2.45, 2.75) is 77.1 Å². The third kappa shape index (κ3) is 8.45. The molecule has 13 heteroatoms. The Kier molecular flexibility index (Phi) is 9.85. The Hall–Kier alpha value is -4.52. The van der Waals surface area contributed by atoms with E-state index in [1.54, 1.807) is 63.5 Å². The molecule has 2 aromatic heterocycles. The van der Waals surface area contributed by atoms with E-state index in [0.717, 1.165) is 5.56 Å². The second-order valence-electron chi connectivity index (χ2n) is 12.6. The van der Waals surface area contributed by atoms with Gasteiger partial charge in [0.1, 0.15) is 23.6 Å². The number of aromatic nitrogens is 3. The normalized spacial score (nSPS) is 17.8. The summed E-state index contributed by atoms with van der Waals surface area (Å²) in [6.45, 7) is 7.26. The summed E-state index contributed by atoms with van der Waals surface area (Å²) in [5.74, 6) is 0.947. The Morgan fingerprint density at radius 3 is 2.57 bits per heavy atom. The van der Waals surface area contributed by atoms with Gasteiger partial charge in [-0.1, -0.05) is 30.3 Å². The van der Waals surface area contributed by atoms with Gasteiger partial charge < -0.3 is 24.8 Å². The third-order valence-corrected chi connectivity index (χ3v) is 7.65. The smallest absolute Gasteiger partial charge is 0.414 e. The molecule has 0 aliphatic carbocycles. The van der Waals surface area contributed by atoms with Crippen molar-refractivity contribution in [1.29, 1.82) is 0 Å². The highest BCUT2D eigenvalue weighted by Crippen LogP contribution is 2.38. The average Bonchev–Trinajstić information content (AvgIpc) is 3.00. The maximum atomic E-state index is 14.7. The number of rotatable bonds is 8. The fourth-order valence-corrected chi connectivity index (χ4v) is 5.46. The molecule has 1 aliphatic heterocycles. The Morgan fingerprint density at radius 1 is 1.04 bits per heavy atom. The molecule has 0 saturated carbocycles. The topological polar surface area (TPSA) is 110 Å². The van der Waals surface area contributed by atoms with Gasteiger partial charge in [0.2, 0.25) is 11.8 Å². The molecular formula is C34H37F4N5O4. The zero-order valence-electron chi connectivity index (χ0n) is 26.5. The second kappa shape index (κ2) is 13.7. The largest absolute Gasteiger partial charge is 0.444 e. The van der Waals surface area contributed by atoms with Crippen LogP contribution in [0, 0.1) is 6.92 Å². The number of halogens is 4. The molecule has 2 N–H and O–H groups in total. The van der Waals surface area contributed by atoms with Gasteiger partial charge in [-0.05, 0) is 75.2 Å². The van der Waals surface area contributed by atoms with Crippen molar-refractivity contribution >= 4 is 22.8 Å². The minimum atomic E-state index is -4.69. The number of anilines is 1. The molecule has 1 saturated heterocycles. The number of aryl methyl sites for hydroxylation is 2. The predicted molar refractivity (Wildman–Crippen MR) is 169 cm³/mol. The molecule has 2 aromatic carbocycles. The number of nitrogens with zero attached hydrogens (tertiary/aromatic N) is 4. The van der Waals surface area contributed by atoms with Crippen molar-refractivity contribution < 1.29 is 36.9 Å². The van der Waals surface area contributed by atoms with Crippen molar-refractivity contribution in [2.24, 2.45) is 0 Å². The lowest BCUT2D eigenvalue weighted by Crippen LogP contribution is -2.51. The fourth-order valence-electron chi connectivity index (χ4n) is 5.46. The molecule has 47 heavy (non-hydrogen) atoms. The number of aliphatic hydroxyl groups is 1. The van der Waals surface area contributed by atoms with Crippen molar-refractivity contribution in [1.82, 2.24) is 19.9 Å². The molecule has 0 unspecified atom stereocenters. The molecule has 0 spiro atoms. The number of likely N-dealkylation sites (tertiary alicyclic amines) is 1. The van der Waals surface area contributed by atoms with Gasteiger partial charge in [0.05, 0.1) is 17.8 Å². The van der Waals surface area contributed by atoms with E-state index in [0.29, 0.717) is 33.3 Å². The lowest BCUT2D eigenvalue weighted by molar-refractivity contribution is -0.205. The number of aliphatic hydroxyl groups excluding tert-OH is 1. The summed E-state index contributed by atoms with van der Waals surface area (Å²) >= 11 is 0. The number of hydrogen-bond acceptors (Lipinski definition) is 8. The monoisotopic (exact) mass is 655 g/mol. The molecule has 1 fully saturated rings. The van der Waals surface area contributed by atoms with E-state index in [-0.39, 0.29) is 37.8 Å². The van der Waals surface area contributed by atoms with E-state index in [9.17, 15) is 27.5 Å². The van der Waals surface area contributed by atoms with Crippen LogP contribution in [0.4, 0.5) is 28.3 Å². The number of benzene rings is 2. The Labute approximate surface area is 270 Å². The van der Waals surface area contributed by atoms with E-state index >= 15 is 0 Å². The Morgan fingerprint density at radius 2 is 1.83 bits per heavy atom. The first-order chi connectivity index (χ1) is 22.2. The number of hydrogen-bond donors (Lipinski definition) is 2. The first-order valence-electron chi connectivity index (χ1n) is 15.3. The molecule has 4 aromatic rings. The fraction of sp³-hybridized carbons (Fsp3) is 0.412. The predicted octanol–water partition coefficient (Wildman–Crippen LogP) is 7.41. The third-order valence-electron chi connectivity index (χ3n) is 7.65. The molecule has 1 aliphatic rings. The molecule has 1 amide bonds. The summed E-state index contributed by atoms with van der Waals surface area (Å²) in [7, 11) is 0. The van der Waals surface area contributed by atoms with Crippen LogP contribution in [0.15, 0.2) is 60.9 Å². The molecule has 5 rings (SSSR count). The van der Waals surface area contributed by atoms with Crippen LogP contribution >= 0.6 is 0 Å². The Balaban J connectivity index is 1.38. The Bertz CT molecular complexity index is 1730. The summed E-state index contributed by atoms with van der Waals surface area (Å²) in [6.07, 6.45) is -6.12. The van der Waals surface area contributed by atoms with Crippen molar-refractivity contribution in [3.05, 3.63) is 72.1 Å². The van der Waals surface area contributed by atoms with Gasteiger partial charge in [-0.15, -0.1) is 0 Å². The highest BCUT2D eigenvalue weighted by Gasteiger charge is 2.37. The minimum absolute atomic E-state index is 0.0196. The number of ether oxygens (including phenoxy) is 2. The summed E-state index contributed by atoms with van der Waals surface area (Å²) in [5.41, 5.74) is 1.73. The molecule has 0 bridgehead atoms. The minimum Gasteiger partial charge on any atom is -0.444 e. The van der Waals surface area contributed by atoms with E-state index in [4.69, 9.17) is 9.47 Å². The van der Waals surface area contributed by atoms with Crippen LogP contribution in [-0.2, 0) is 11.2 Å². The highest BCUT2D eigenvalue weighted by atomic mass is 19.4. The van der Waals surface area contributed by atoms with Crippen LogP contribution in [0.3, 0.4) is 0 Å². The SMILES string of the molecule is Cc1ccc2c(CC[C@H](O)C(F)(F)F)cccc2c1Oc1ncccc1-c1ccnc(N[C@@H]2C[C@@H](F)CN(C(=O)OC(C)(C)C)C2)n1. The lowest BCUT2D eigenvalue weighted by Gasteiger charge is -2.36. The van der Waals surface area contributed by atoms with Crippen molar-refractivity contribution in [3.8, 4) is 22.9 Å². The average molecular weight is 656 g/mol. The van der Waals surface area contributed by atoms with Crippen LogP contribution in [-0.4, -0.2) is 74.2 Å². The number of fused-ring (bicyclic) bond motifs is 1. The number of carbonyl (C=O) groups is 1. The second-order valence-corrected chi connectivity index (χ2v) is 12.6. The van der Waals surface area contributed by atoms with Crippen LogP contribution < -0.4 is 10.1 Å². The number of carbonyl (C=O) groups excluding carboxylic acids is 1. The molecule has 250 valence electrons. The summed E-state index contributed by atoms with van der Waals surface area (Å²) < 4.78 is 65.3. The van der Waals surface area contributed by atoms with Gasteiger partial charge in [0.25, 0.3) is 0 Å². The van der Waals surface area contributed by atoms with Crippen molar-refractivity contribution in [3.63, 3.8) is 0 Å². The number of nitrogens with one attached hydrogen (secondary N) is 1. The van der Waals surface area contributed by atoms with E-state index in [1.807, 2.05) is 25.1 Å². The highest BCUT2D eigenvalue weighted by molar-refractivity contribution is 5.92. The summed E-state index contributed by atoms with van der Waals surface area (Å²) in [5, 5.41) is 14.1. The van der Waals surface area contributed by atoms with Crippen LogP contribution in [0.25, 0.3) is 22.0 Å². The zero-order chi connectivity index (χ0) is 33.9. The first kappa shape index (κ1) is 33.8. The van der Waals surface area contributed by atoms with Gasteiger partial charge in [0, 0.05) is 36.8 Å². The van der Waals surface area contributed by atoms with E-state index in [1.165, 1.54) is 4.90 Å². The van der Waals surface area contributed by atoms with Gasteiger partial charge in [-0.2, -0.15) is 13.2 Å². The van der Waals surface area contributed by atoms with Gasteiger partial charge in [-0.3, -0.25) is 0 Å². The van der Waals surface area contributed by atoms with Gasteiger partial charge >= 0.3 is 12.3 Å². The number of alkyl halides is 4. The molecule has 3 atom stereocenters. The van der Waals surface area contributed by atoms with E-state index < -0.39 is 42.6 Å². The molecule has 3 heterocycles. The maximum Gasteiger partial charge on any atom is 0.414 e.